The van der Waals surface area contributed by atoms with Crippen LogP contribution in [0.1, 0.15) is 17.3 Å². The summed E-state index contributed by atoms with van der Waals surface area (Å²) in [7, 11) is 0. The van der Waals surface area contributed by atoms with Crippen LogP contribution in [-0.2, 0) is 0 Å². The Morgan fingerprint density at radius 2 is 1.90 bits per heavy atom. The van der Waals surface area contributed by atoms with Crippen LogP contribution in [0.4, 0.5) is 9.18 Å². The highest BCUT2D eigenvalue weighted by Gasteiger charge is 2.24. The summed E-state index contributed by atoms with van der Waals surface area (Å²) in [5, 5.41) is 2.73. The number of rotatable bonds is 2. The first-order valence-corrected chi connectivity index (χ1v) is 6.55. The zero-order valence-electron chi connectivity index (χ0n) is 11.3. The van der Waals surface area contributed by atoms with Crippen molar-refractivity contribution in [2.45, 2.75) is 6.92 Å². The topological polar surface area (TPSA) is 65.5 Å². The maximum Gasteiger partial charge on any atom is 0.317 e. The molecule has 2 rings (SSSR count). The molecule has 1 aliphatic rings. The van der Waals surface area contributed by atoms with Crippen molar-refractivity contribution in [3.05, 3.63) is 29.8 Å². The van der Waals surface area contributed by atoms with Gasteiger partial charge in [-0.25, -0.2) is 9.78 Å². The number of halogens is 1. The van der Waals surface area contributed by atoms with Gasteiger partial charge in [-0.1, -0.05) is 0 Å². The second-order valence-corrected chi connectivity index (χ2v) is 4.48. The predicted molar refractivity (Wildman–Crippen MR) is 70.7 cm³/mol. The maximum absolute atomic E-state index is 12.7. The van der Waals surface area contributed by atoms with E-state index in [4.69, 9.17) is 0 Å². The molecule has 0 aromatic carbocycles. The number of aromatic nitrogens is 1. The first-order valence-electron chi connectivity index (χ1n) is 6.55. The lowest BCUT2D eigenvalue weighted by atomic mass is 10.2. The third kappa shape index (κ3) is 3.23. The van der Waals surface area contributed by atoms with Gasteiger partial charge in [0.25, 0.3) is 5.91 Å². The van der Waals surface area contributed by atoms with E-state index in [2.05, 4.69) is 10.3 Å². The van der Waals surface area contributed by atoms with Crippen molar-refractivity contribution in [1.82, 2.24) is 20.1 Å². The van der Waals surface area contributed by atoms with Crippen LogP contribution in [0.3, 0.4) is 0 Å². The van der Waals surface area contributed by atoms with Crippen LogP contribution < -0.4 is 5.32 Å². The molecule has 2 heterocycles. The third-order valence-corrected chi connectivity index (χ3v) is 3.16. The van der Waals surface area contributed by atoms with Crippen molar-refractivity contribution in [2.24, 2.45) is 0 Å². The molecule has 1 aromatic rings. The number of piperazine rings is 1. The molecule has 0 aliphatic carbocycles. The standard InChI is InChI=1S/C13H17FN4O2/c1-2-15-13(20)18-7-5-17(6-8-18)12(19)10-3-4-11(14)16-9-10/h3-4,9H,2,5-8H2,1H3,(H,15,20). The molecule has 0 saturated carbocycles. The Hall–Kier alpha value is -2.18. The molecule has 1 fully saturated rings. The van der Waals surface area contributed by atoms with Gasteiger partial charge in [-0.05, 0) is 19.1 Å². The van der Waals surface area contributed by atoms with Gasteiger partial charge in [0.2, 0.25) is 5.95 Å². The second kappa shape index (κ2) is 6.31. The molecule has 108 valence electrons. The first kappa shape index (κ1) is 14.2. The van der Waals surface area contributed by atoms with E-state index in [0.29, 0.717) is 38.3 Å². The summed E-state index contributed by atoms with van der Waals surface area (Å²) in [6.45, 7) is 4.36. The number of amides is 3. The Morgan fingerprint density at radius 3 is 2.45 bits per heavy atom. The molecule has 1 aromatic heterocycles. The molecule has 3 amide bonds. The van der Waals surface area contributed by atoms with Gasteiger partial charge < -0.3 is 15.1 Å². The fourth-order valence-corrected chi connectivity index (χ4v) is 2.06. The van der Waals surface area contributed by atoms with Gasteiger partial charge in [0.1, 0.15) is 0 Å². The summed E-state index contributed by atoms with van der Waals surface area (Å²) < 4.78 is 12.7. The summed E-state index contributed by atoms with van der Waals surface area (Å²) in [6, 6.07) is 2.47. The van der Waals surface area contributed by atoms with Gasteiger partial charge in [0.15, 0.2) is 0 Å². The maximum atomic E-state index is 12.7. The van der Waals surface area contributed by atoms with Gasteiger partial charge in [-0.15, -0.1) is 0 Å². The average Bonchev–Trinajstić information content (AvgIpc) is 2.48. The van der Waals surface area contributed by atoms with Crippen molar-refractivity contribution in [1.29, 1.82) is 0 Å². The van der Waals surface area contributed by atoms with Gasteiger partial charge in [-0.2, -0.15) is 4.39 Å². The summed E-state index contributed by atoms with van der Waals surface area (Å²) in [5.74, 6) is -0.796. The van der Waals surface area contributed by atoms with Crippen molar-refractivity contribution in [3.63, 3.8) is 0 Å². The molecule has 0 atom stereocenters. The molecule has 6 nitrogen and oxygen atoms in total. The van der Waals surface area contributed by atoms with Crippen LogP contribution in [0.2, 0.25) is 0 Å². The second-order valence-electron chi connectivity index (χ2n) is 4.48. The van der Waals surface area contributed by atoms with Gasteiger partial charge in [0.05, 0.1) is 5.56 Å². The number of nitrogens with one attached hydrogen (secondary N) is 1. The van der Waals surface area contributed by atoms with E-state index in [9.17, 15) is 14.0 Å². The highest BCUT2D eigenvalue weighted by molar-refractivity contribution is 5.94. The van der Waals surface area contributed by atoms with E-state index in [1.807, 2.05) is 6.92 Å². The minimum atomic E-state index is -0.609. The minimum absolute atomic E-state index is 0.108. The summed E-state index contributed by atoms with van der Waals surface area (Å²) >= 11 is 0. The van der Waals surface area contributed by atoms with Crippen LogP contribution in [0.25, 0.3) is 0 Å². The van der Waals surface area contributed by atoms with Crippen LogP contribution in [0.5, 0.6) is 0 Å². The van der Waals surface area contributed by atoms with Crippen molar-refractivity contribution >= 4 is 11.9 Å². The van der Waals surface area contributed by atoms with Crippen molar-refractivity contribution in [2.75, 3.05) is 32.7 Å². The number of urea groups is 1. The van der Waals surface area contributed by atoms with Gasteiger partial charge in [-0.3, -0.25) is 4.79 Å². The van der Waals surface area contributed by atoms with Gasteiger partial charge >= 0.3 is 6.03 Å². The smallest absolute Gasteiger partial charge is 0.317 e. The Kier molecular flexibility index (Phi) is 4.49. The lowest BCUT2D eigenvalue weighted by molar-refractivity contribution is 0.0665. The minimum Gasteiger partial charge on any atom is -0.338 e. The predicted octanol–water partition coefficient (Wildman–Crippen LogP) is 0.708. The number of hydrogen-bond donors (Lipinski definition) is 1. The van der Waals surface area contributed by atoms with E-state index in [1.165, 1.54) is 12.3 Å². The number of carbonyl (C=O) groups excluding carboxylic acids is 2. The highest BCUT2D eigenvalue weighted by Crippen LogP contribution is 2.08. The Balaban J connectivity index is 1.92. The number of hydrogen-bond acceptors (Lipinski definition) is 3. The van der Waals surface area contributed by atoms with Crippen LogP contribution in [0, 0.1) is 5.95 Å². The molecule has 0 bridgehead atoms. The van der Waals surface area contributed by atoms with Crippen LogP contribution in [-0.4, -0.2) is 59.4 Å². The average molecular weight is 280 g/mol. The first-order chi connectivity index (χ1) is 9.61. The van der Waals surface area contributed by atoms with Gasteiger partial charge in [0, 0.05) is 38.9 Å². The summed E-state index contributed by atoms with van der Waals surface area (Å²) in [6.07, 6.45) is 1.23. The zero-order chi connectivity index (χ0) is 14.5. The zero-order valence-corrected chi connectivity index (χ0v) is 11.3. The number of carbonyl (C=O) groups is 2. The Bertz CT molecular complexity index is 484. The molecule has 7 heteroatoms. The fourth-order valence-electron chi connectivity index (χ4n) is 2.06. The molecule has 1 saturated heterocycles. The summed E-state index contributed by atoms with van der Waals surface area (Å²) in [5.41, 5.74) is 0.359. The Labute approximate surface area is 116 Å². The molecular formula is C13H17FN4O2. The van der Waals surface area contributed by atoms with E-state index >= 15 is 0 Å². The quantitative estimate of drug-likeness (QED) is 0.811. The fraction of sp³-hybridized carbons (Fsp3) is 0.462. The molecule has 1 aliphatic heterocycles. The lowest BCUT2D eigenvalue weighted by Gasteiger charge is -2.34. The van der Waals surface area contributed by atoms with Crippen LogP contribution in [0.15, 0.2) is 18.3 Å². The third-order valence-electron chi connectivity index (χ3n) is 3.16. The number of nitrogens with zero attached hydrogens (tertiary/aromatic N) is 3. The lowest BCUT2D eigenvalue weighted by Crippen LogP contribution is -2.53. The molecule has 0 spiro atoms. The monoisotopic (exact) mass is 280 g/mol. The van der Waals surface area contributed by atoms with Crippen molar-refractivity contribution < 1.29 is 14.0 Å². The molecule has 0 radical (unpaired) electrons. The SMILES string of the molecule is CCNC(=O)N1CCN(C(=O)c2ccc(F)nc2)CC1. The van der Waals surface area contributed by atoms with Crippen LogP contribution >= 0.6 is 0 Å². The summed E-state index contributed by atoms with van der Waals surface area (Å²) in [4.78, 5) is 30.6. The van der Waals surface area contributed by atoms with E-state index < -0.39 is 5.95 Å². The van der Waals surface area contributed by atoms with E-state index in [-0.39, 0.29) is 11.9 Å². The largest absolute Gasteiger partial charge is 0.338 e. The molecular weight excluding hydrogens is 263 g/mol. The molecule has 20 heavy (non-hydrogen) atoms. The van der Waals surface area contributed by atoms with Crippen molar-refractivity contribution in [3.8, 4) is 0 Å². The number of pyridine rings is 1. The highest BCUT2D eigenvalue weighted by atomic mass is 19.1. The molecule has 0 unspecified atom stereocenters. The van der Waals surface area contributed by atoms with E-state index in [1.54, 1.807) is 9.80 Å². The normalized spacial score (nSPS) is 15.1. The Morgan fingerprint density at radius 1 is 1.25 bits per heavy atom. The van der Waals surface area contributed by atoms with E-state index in [0.717, 1.165) is 6.07 Å². The molecule has 1 N–H and O–H groups in total.